The number of halogens is 1. The van der Waals surface area contributed by atoms with Gasteiger partial charge in [-0.05, 0) is 84.3 Å². The molecule has 0 atom stereocenters. The third kappa shape index (κ3) is 7.79. The van der Waals surface area contributed by atoms with E-state index in [1.807, 2.05) is 19.1 Å². The van der Waals surface area contributed by atoms with Crippen LogP contribution in [0.15, 0.2) is 77.9 Å². The first-order chi connectivity index (χ1) is 16.4. The molecule has 0 aromatic heterocycles. The Kier molecular flexibility index (Phi) is 8.82. The minimum absolute atomic E-state index is 0.183. The molecule has 3 rings (SSSR count). The minimum Gasteiger partial charge on any atom is -0.497 e. The van der Waals surface area contributed by atoms with Crippen molar-refractivity contribution in [1.82, 2.24) is 5.43 Å². The van der Waals surface area contributed by atoms with Crippen LogP contribution in [0, 0.1) is 6.92 Å². The van der Waals surface area contributed by atoms with Crippen LogP contribution in [0.5, 0.6) is 17.2 Å². The number of rotatable bonds is 9. The van der Waals surface area contributed by atoms with Gasteiger partial charge >= 0.3 is 5.97 Å². The maximum atomic E-state index is 12.0. The Labute approximate surface area is 202 Å². The number of hydrazone groups is 1. The number of benzene rings is 3. The maximum Gasteiger partial charge on any atom is 0.336 e. The first-order valence-corrected chi connectivity index (χ1v) is 10.7. The highest BCUT2D eigenvalue weighted by Gasteiger charge is 2.04. The van der Waals surface area contributed by atoms with Crippen molar-refractivity contribution in [3.8, 4) is 17.2 Å². The second-order valence-electron chi connectivity index (χ2n) is 7.09. The number of ether oxygens (including phenoxy) is 3. The van der Waals surface area contributed by atoms with Crippen molar-refractivity contribution < 1.29 is 23.8 Å². The molecule has 0 aliphatic carbocycles. The number of carbonyl (C=O) groups excluding carboxylic acids is 2. The van der Waals surface area contributed by atoms with Crippen LogP contribution < -0.4 is 19.6 Å². The summed E-state index contributed by atoms with van der Waals surface area (Å²) in [6, 6.07) is 19.1. The third-order valence-electron chi connectivity index (χ3n) is 4.53. The molecule has 0 aliphatic heterocycles. The van der Waals surface area contributed by atoms with Crippen molar-refractivity contribution in [2.45, 2.75) is 6.92 Å². The molecule has 0 aliphatic rings. The largest absolute Gasteiger partial charge is 0.497 e. The molecule has 34 heavy (non-hydrogen) atoms. The Balaban J connectivity index is 1.43. The summed E-state index contributed by atoms with van der Waals surface area (Å²) in [4.78, 5) is 23.9. The van der Waals surface area contributed by atoms with E-state index in [2.05, 4.69) is 10.5 Å². The Morgan fingerprint density at radius 1 is 0.941 bits per heavy atom. The Bertz CT molecular complexity index is 1190. The SMILES string of the molecule is COc1ccc(C=CC(=O)Oc2ccc(C=NNC(=O)COc3ccc(Cl)c(C)c3)cc2)cc1. The zero-order valence-electron chi connectivity index (χ0n) is 18.7. The molecule has 1 N–H and O–H groups in total. The van der Waals surface area contributed by atoms with Gasteiger partial charge in [0.05, 0.1) is 13.3 Å². The summed E-state index contributed by atoms with van der Waals surface area (Å²) < 4.78 is 15.8. The number of nitrogens with zero attached hydrogens (tertiary/aromatic N) is 1. The fourth-order valence-corrected chi connectivity index (χ4v) is 2.84. The summed E-state index contributed by atoms with van der Waals surface area (Å²) in [6.07, 6.45) is 4.48. The highest BCUT2D eigenvalue weighted by molar-refractivity contribution is 6.31. The van der Waals surface area contributed by atoms with E-state index in [0.29, 0.717) is 22.1 Å². The van der Waals surface area contributed by atoms with Gasteiger partial charge in [-0.3, -0.25) is 4.79 Å². The first kappa shape index (κ1) is 24.5. The van der Waals surface area contributed by atoms with E-state index in [0.717, 1.165) is 16.9 Å². The minimum atomic E-state index is -0.500. The molecule has 0 bridgehead atoms. The fourth-order valence-electron chi connectivity index (χ4n) is 2.72. The van der Waals surface area contributed by atoms with Gasteiger partial charge in [0.25, 0.3) is 5.91 Å². The van der Waals surface area contributed by atoms with Gasteiger partial charge in [-0.15, -0.1) is 0 Å². The zero-order valence-corrected chi connectivity index (χ0v) is 19.4. The number of carbonyl (C=O) groups is 2. The molecule has 0 fully saturated rings. The van der Waals surface area contributed by atoms with Gasteiger partial charge < -0.3 is 14.2 Å². The summed E-state index contributed by atoms with van der Waals surface area (Å²) in [7, 11) is 1.59. The standard InChI is InChI=1S/C26H23ClN2O5/c1-18-15-23(12-13-24(18)27)33-17-25(30)29-28-16-20-5-10-22(11-6-20)34-26(31)14-7-19-3-8-21(32-2)9-4-19/h3-16H,17H2,1-2H3,(H,29,30). The molecular formula is C26H23ClN2O5. The summed E-state index contributed by atoms with van der Waals surface area (Å²) in [6.45, 7) is 1.67. The molecule has 7 nitrogen and oxygen atoms in total. The van der Waals surface area contributed by atoms with Crippen LogP contribution in [0.4, 0.5) is 0 Å². The van der Waals surface area contributed by atoms with Crippen LogP contribution in [0.2, 0.25) is 5.02 Å². The lowest BCUT2D eigenvalue weighted by Crippen LogP contribution is -2.24. The Hall–Kier alpha value is -4.10. The smallest absolute Gasteiger partial charge is 0.336 e. The molecule has 0 heterocycles. The third-order valence-corrected chi connectivity index (χ3v) is 4.95. The number of aryl methyl sites for hydroxylation is 1. The van der Waals surface area contributed by atoms with E-state index in [4.69, 9.17) is 25.8 Å². The van der Waals surface area contributed by atoms with Crippen LogP contribution in [0.1, 0.15) is 16.7 Å². The van der Waals surface area contributed by atoms with Crippen LogP contribution >= 0.6 is 11.6 Å². The summed E-state index contributed by atoms with van der Waals surface area (Å²) >= 11 is 5.97. The Morgan fingerprint density at radius 3 is 2.26 bits per heavy atom. The van der Waals surface area contributed by atoms with Crippen molar-refractivity contribution in [1.29, 1.82) is 0 Å². The predicted octanol–water partition coefficient (Wildman–Crippen LogP) is 4.80. The lowest BCUT2D eigenvalue weighted by Gasteiger charge is -2.06. The zero-order chi connectivity index (χ0) is 24.3. The lowest BCUT2D eigenvalue weighted by molar-refractivity contribution is -0.129. The van der Waals surface area contributed by atoms with Gasteiger partial charge in [-0.25, -0.2) is 10.2 Å². The molecule has 1 amide bonds. The molecular weight excluding hydrogens is 456 g/mol. The van der Waals surface area contributed by atoms with E-state index in [1.165, 1.54) is 12.3 Å². The summed E-state index contributed by atoms with van der Waals surface area (Å²) in [5.74, 6) is 0.768. The van der Waals surface area contributed by atoms with Crippen molar-refractivity contribution in [3.05, 3.63) is 94.5 Å². The topological polar surface area (TPSA) is 86.2 Å². The second-order valence-corrected chi connectivity index (χ2v) is 7.50. The monoisotopic (exact) mass is 478 g/mol. The average Bonchev–Trinajstić information content (AvgIpc) is 2.85. The molecule has 0 saturated carbocycles. The fraction of sp³-hybridized carbons (Fsp3) is 0.115. The van der Waals surface area contributed by atoms with Gasteiger partial charge in [-0.2, -0.15) is 5.10 Å². The molecule has 174 valence electrons. The maximum absolute atomic E-state index is 12.0. The number of amides is 1. The Morgan fingerprint density at radius 2 is 1.59 bits per heavy atom. The van der Waals surface area contributed by atoms with E-state index in [9.17, 15) is 9.59 Å². The van der Waals surface area contributed by atoms with Gasteiger partial charge in [0.2, 0.25) is 0 Å². The van der Waals surface area contributed by atoms with Gasteiger partial charge in [0.1, 0.15) is 17.2 Å². The van der Waals surface area contributed by atoms with Crippen molar-refractivity contribution in [2.24, 2.45) is 5.10 Å². The summed E-state index contributed by atoms with van der Waals surface area (Å²) in [5, 5.41) is 4.53. The molecule has 0 spiro atoms. The number of methoxy groups -OCH3 is 1. The van der Waals surface area contributed by atoms with Crippen LogP contribution in [0.3, 0.4) is 0 Å². The summed E-state index contributed by atoms with van der Waals surface area (Å²) in [5.41, 5.74) is 4.81. The number of hydrogen-bond acceptors (Lipinski definition) is 6. The number of hydrogen-bond donors (Lipinski definition) is 1. The average molecular weight is 479 g/mol. The van der Waals surface area contributed by atoms with Gasteiger partial charge in [-0.1, -0.05) is 23.7 Å². The lowest BCUT2D eigenvalue weighted by atomic mass is 10.2. The van der Waals surface area contributed by atoms with E-state index >= 15 is 0 Å². The van der Waals surface area contributed by atoms with Crippen LogP contribution in [-0.4, -0.2) is 31.8 Å². The quantitative estimate of drug-likeness (QED) is 0.157. The van der Waals surface area contributed by atoms with Crippen molar-refractivity contribution >= 4 is 35.8 Å². The van der Waals surface area contributed by atoms with Crippen molar-refractivity contribution in [3.63, 3.8) is 0 Å². The predicted molar refractivity (Wildman–Crippen MR) is 132 cm³/mol. The molecule has 3 aromatic rings. The van der Waals surface area contributed by atoms with Crippen LogP contribution in [-0.2, 0) is 9.59 Å². The second kappa shape index (κ2) is 12.2. The van der Waals surface area contributed by atoms with Crippen LogP contribution in [0.25, 0.3) is 6.08 Å². The molecule has 0 unspecified atom stereocenters. The number of esters is 1. The molecule has 8 heteroatoms. The highest BCUT2D eigenvalue weighted by atomic mass is 35.5. The molecule has 0 radical (unpaired) electrons. The van der Waals surface area contributed by atoms with Gasteiger partial charge in [0, 0.05) is 11.1 Å². The van der Waals surface area contributed by atoms with E-state index < -0.39 is 11.9 Å². The normalized spacial score (nSPS) is 10.9. The number of nitrogens with one attached hydrogen (secondary N) is 1. The molecule has 0 saturated heterocycles. The van der Waals surface area contributed by atoms with E-state index in [-0.39, 0.29) is 6.61 Å². The van der Waals surface area contributed by atoms with Gasteiger partial charge in [0.15, 0.2) is 6.61 Å². The van der Waals surface area contributed by atoms with E-state index in [1.54, 1.807) is 67.8 Å². The van der Waals surface area contributed by atoms with Crippen molar-refractivity contribution in [2.75, 3.05) is 13.7 Å². The first-order valence-electron chi connectivity index (χ1n) is 10.3. The molecule has 3 aromatic carbocycles. The highest BCUT2D eigenvalue weighted by Crippen LogP contribution is 2.21.